The number of nitrogens with zero attached hydrogens (tertiary/aromatic N) is 1. The molecule has 0 saturated carbocycles. The molecule has 2 N–H and O–H groups in total. The number of benzene rings is 1. The van der Waals surface area contributed by atoms with E-state index in [0.29, 0.717) is 18.5 Å². The van der Waals surface area contributed by atoms with Crippen molar-refractivity contribution in [3.63, 3.8) is 0 Å². The Morgan fingerprint density at radius 2 is 1.67 bits per heavy atom. The molecular weight excluding hydrogens is 270 g/mol. The molecule has 0 bridgehead atoms. The number of rotatable bonds is 9. The zero-order valence-electron chi connectivity index (χ0n) is 12.4. The molecular formula is C16H23NO4. The number of hydrogen-bond donors (Lipinski definition) is 2. The summed E-state index contributed by atoms with van der Waals surface area (Å²) >= 11 is 0. The first-order valence-corrected chi connectivity index (χ1v) is 7.27. The first-order valence-electron chi connectivity index (χ1n) is 7.27. The summed E-state index contributed by atoms with van der Waals surface area (Å²) in [6.45, 7) is 0.631. The maximum atomic E-state index is 12.1. The van der Waals surface area contributed by atoms with E-state index in [1.807, 2.05) is 0 Å². The average molecular weight is 293 g/mol. The summed E-state index contributed by atoms with van der Waals surface area (Å²) in [4.78, 5) is 24.1. The molecule has 1 aromatic carbocycles. The number of carbonyl (C=O) groups excluding carboxylic acids is 1. The largest absolute Gasteiger partial charge is 0.507 e. The molecule has 21 heavy (non-hydrogen) atoms. The Labute approximate surface area is 125 Å². The molecule has 0 aliphatic rings. The van der Waals surface area contributed by atoms with Crippen LogP contribution >= 0.6 is 0 Å². The second kappa shape index (κ2) is 9.00. The van der Waals surface area contributed by atoms with Gasteiger partial charge in [0.1, 0.15) is 5.75 Å². The monoisotopic (exact) mass is 293 g/mol. The Bertz CT molecular complexity index is 473. The molecule has 5 nitrogen and oxygen atoms in total. The predicted molar refractivity (Wildman–Crippen MR) is 80.4 cm³/mol. The van der Waals surface area contributed by atoms with Gasteiger partial charge in [0.05, 0.1) is 5.56 Å². The number of amides is 1. The van der Waals surface area contributed by atoms with E-state index in [4.69, 9.17) is 5.11 Å². The first-order chi connectivity index (χ1) is 10.0. The van der Waals surface area contributed by atoms with Crippen LogP contribution in [0.2, 0.25) is 0 Å². The highest BCUT2D eigenvalue weighted by Crippen LogP contribution is 2.17. The maximum Gasteiger partial charge on any atom is 0.303 e. The minimum atomic E-state index is -0.747. The summed E-state index contributed by atoms with van der Waals surface area (Å²) in [6, 6.07) is 6.52. The third-order valence-corrected chi connectivity index (χ3v) is 3.37. The number of phenols is 1. The molecule has 0 atom stereocenters. The van der Waals surface area contributed by atoms with Gasteiger partial charge in [-0.1, -0.05) is 31.4 Å². The van der Waals surface area contributed by atoms with Crippen molar-refractivity contribution in [2.45, 2.75) is 38.5 Å². The lowest BCUT2D eigenvalue weighted by atomic mass is 10.1. The second-order valence-electron chi connectivity index (χ2n) is 5.16. The zero-order chi connectivity index (χ0) is 15.7. The van der Waals surface area contributed by atoms with Crippen molar-refractivity contribution >= 4 is 11.9 Å². The van der Waals surface area contributed by atoms with Gasteiger partial charge in [0.2, 0.25) is 0 Å². The summed E-state index contributed by atoms with van der Waals surface area (Å²) in [5, 5.41) is 18.2. The number of aromatic hydroxyl groups is 1. The molecule has 0 unspecified atom stereocenters. The lowest BCUT2D eigenvalue weighted by molar-refractivity contribution is -0.137. The number of para-hydroxylation sites is 1. The number of hydrogen-bond acceptors (Lipinski definition) is 3. The molecule has 116 valence electrons. The van der Waals surface area contributed by atoms with Crippen molar-refractivity contribution in [3.05, 3.63) is 29.8 Å². The predicted octanol–water partition coefficient (Wildman–Crippen LogP) is 2.89. The molecule has 0 radical (unpaired) electrons. The molecule has 0 saturated heterocycles. The van der Waals surface area contributed by atoms with Crippen LogP contribution in [0.5, 0.6) is 5.75 Å². The van der Waals surface area contributed by atoms with Gasteiger partial charge in [-0.2, -0.15) is 0 Å². The van der Waals surface area contributed by atoms with Gasteiger partial charge >= 0.3 is 5.97 Å². The number of aliphatic carboxylic acids is 1. The lowest BCUT2D eigenvalue weighted by Gasteiger charge is -2.17. The normalized spacial score (nSPS) is 10.3. The minimum Gasteiger partial charge on any atom is -0.507 e. The van der Waals surface area contributed by atoms with Crippen molar-refractivity contribution in [1.82, 2.24) is 4.90 Å². The van der Waals surface area contributed by atoms with Gasteiger partial charge in [0.15, 0.2) is 0 Å². The Kier molecular flexibility index (Phi) is 7.29. The van der Waals surface area contributed by atoms with Crippen LogP contribution in [-0.2, 0) is 4.79 Å². The highest BCUT2D eigenvalue weighted by molar-refractivity contribution is 5.96. The molecule has 1 amide bonds. The van der Waals surface area contributed by atoms with Crippen LogP contribution in [0.15, 0.2) is 24.3 Å². The number of carboxylic acid groups (broad SMARTS) is 1. The lowest BCUT2D eigenvalue weighted by Crippen LogP contribution is -2.27. The summed E-state index contributed by atoms with van der Waals surface area (Å²) in [5.41, 5.74) is 0.321. The number of unbranched alkanes of at least 4 members (excludes halogenated alkanes) is 4. The van der Waals surface area contributed by atoms with Crippen molar-refractivity contribution in [1.29, 1.82) is 0 Å². The van der Waals surface area contributed by atoms with Gasteiger partial charge in [-0.25, -0.2) is 0 Å². The molecule has 0 spiro atoms. The second-order valence-corrected chi connectivity index (χ2v) is 5.16. The summed E-state index contributed by atoms with van der Waals surface area (Å²) in [5.74, 6) is -0.926. The van der Waals surface area contributed by atoms with Crippen molar-refractivity contribution in [2.24, 2.45) is 0 Å². The van der Waals surface area contributed by atoms with E-state index in [0.717, 1.165) is 25.7 Å². The van der Waals surface area contributed by atoms with E-state index >= 15 is 0 Å². The topological polar surface area (TPSA) is 77.8 Å². The van der Waals surface area contributed by atoms with Gasteiger partial charge in [-0.3, -0.25) is 9.59 Å². The smallest absolute Gasteiger partial charge is 0.303 e. The number of phenolic OH excluding ortho intramolecular Hbond substituents is 1. The van der Waals surface area contributed by atoms with Crippen LogP contribution in [0.25, 0.3) is 0 Å². The Hall–Kier alpha value is -2.04. The molecule has 0 aromatic heterocycles. The van der Waals surface area contributed by atoms with Crippen LogP contribution in [0.3, 0.4) is 0 Å². The van der Waals surface area contributed by atoms with E-state index in [-0.39, 0.29) is 18.1 Å². The van der Waals surface area contributed by atoms with Crippen LogP contribution in [0, 0.1) is 0 Å². The minimum absolute atomic E-state index is 0.00280. The molecule has 1 aromatic rings. The van der Waals surface area contributed by atoms with Crippen molar-refractivity contribution in [3.8, 4) is 5.75 Å². The number of carbonyl (C=O) groups is 2. The molecule has 1 rings (SSSR count). The quantitative estimate of drug-likeness (QED) is 0.686. The van der Waals surface area contributed by atoms with Crippen molar-refractivity contribution < 1.29 is 19.8 Å². The fraction of sp³-hybridized carbons (Fsp3) is 0.500. The van der Waals surface area contributed by atoms with Crippen LogP contribution in [0.4, 0.5) is 0 Å². The number of carboxylic acids is 1. The van der Waals surface area contributed by atoms with Crippen molar-refractivity contribution in [2.75, 3.05) is 13.6 Å². The van der Waals surface area contributed by atoms with E-state index in [9.17, 15) is 14.7 Å². The van der Waals surface area contributed by atoms with Gasteiger partial charge < -0.3 is 15.1 Å². The van der Waals surface area contributed by atoms with E-state index in [1.54, 1.807) is 30.1 Å². The van der Waals surface area contributed by atoms with Gasteiger partial charge in [-0.15, -0.1) is 0 Å². The fourth-order valence-electron chi connectivity index (χ4n) is 2.12. The standard InChI is InChI=1S/C16H23NO4/c1-17(12-8-4-2-3-5-11-15(19)20)16(21)13-9-6-7-10-14(13)18/h6-7,9-10,18H,2-5,8,11-12H2,1H3,(H,19,20). The third kappa shape index (κ3) is 6.29. The molecule has 0 fully saturated rings. The summed E-state index contributed by atoms with van der Waals surface area (Å²) < 4.78 is 0. The third-order valence-electron chi connectivity index (χ3n) is 3.37. The highest BCUT2D eigenvalue weighted by Gasteiger charge is 2.14. The average Bonchev–Trinajstić information content (AvgIpc) is 2.45. The molecule has 0 aliphatic heterocycles. The van der Waals surface area contributed by atoms with E-state index in [2.05, 4.69) is 0 Å². The molecule has 5 heteroatoms. The zero-order valence-corrected chi connectivity index (χ0v) is 12.4. The molecule has 0 aliphatic carbocycles. The van der Waals surface area contributed by atoms with Gasteiger partial charge in [0, 0.05) is 20.0 Å². The van der Waals surface area contributed by atoms with Crippen LogP contribution < -0.4 is 0 Å². The fourth-order valence-corrected chi connectivity index (χ4v) is 2.12. The van der Waals surface area contributed by atoms with Crippen LogP contribution in [-0.4, -0.2) is 40.6 Å². The van der Waals surface area contributed by atoms with Gasteiger partial charge in [0.25, 0.3) is 5.91 Å². The highest BCUT2D eigenvalue weighted by atomic mass is 16.4. The van der Waals surface area contributed by atoms with Gasteiger partial charge in [-0.05, 0) is 25.0 Å². The Balaban J connectivity index is 2.22. The Morgan fingerprint density at radius 3 is 2.33 bits per heavy atom. The molecule has 0 heterocycles. The summed E-state index contributed by atoms with van der Waals surface area (Å²) in [7, 11) is 1.72. The summed E-state index contributed by atoms with van der Waals surface area (Å²) in [6.07, 6.45) is 4.67. The van der Waals surface area contributed by atoms with E-state index < -0.39 is 5.97 Å². The van der Waals surface area contributed by atoms with E-state index in [1.165, 1.54) is 6.07 Å². The SMILES string of the molecule is CN(CCCCCCCC(=O)O)C(=O)c1ccccc1O. The first kappa shape index (κ1) is 17.0. The Morgan fingerprint density at radius 1 is 1.05 bits per heavy atom. The van der Waals surface area contributed by atoms with Crippen LogP contribution in [0.1, 0.15) is 48.9 Å². The maximum absolute atomic E-state index is 12.1.